The first-order valence-electron chi connectivity index (χ1n) is 4.29. The Morgan fingerprint density at radius 2 is 2.31 bits per heavy atom. The summed E-state index contributed by atoms with van der Waals surface area (Å²) in [5.74, 6) is 0.800. The van der Waals surface area contributed by atoms with Crippen molar-refractivity contribution in [3.63, 3.8) is 0 Å². The first-order valence-corrected chi connectivity index (χ1v) is 7.49. The Bertz CT molecular complexity index is 329. The molecule has 4 nitrogen and oxygen atoms in total. The zero-order valence-electron chi connectivity index (χ0n) is 9.10. The van der Waals surface area contributed by atoms with Crippen LogP contribution in [0.3, 0.4) is 0 Å². The third-order valence-electron chi connectivity index (χ3n) is 1.41. The van der Waals surface area contributed by atoms with Crippen molar-refractivity contribution in [2.45, 2.75) is 12.3 Å². The number of hydrogen-bond acceptors (Lipinski definition) is 6. The second-order valence-electron chi connectivity index (χ2n) is 3.18. The quantitative estimate of drug-likeness (QED) is 0.496. The molecule has 0 aliphatic carbocycles. The molecule has 92 valence electrons. The fourth-order valence-electron chi connectivity index (χ4n) is 0.912. The number of nitrogens with two attached hydrogens (primary N) is 1. The molecule has 3 N–H and O–H groups in total. The fourth-order valence-corrected chi connectivity index (χ4v) is 3.30. The van der Waals surface area contributed by atoms with Crippen LogP contribution in [0.15, 0.2) is 5.38 Å². The van der Waals surface area contributed by atoms with Gasteiger partial charge in [-0.3, -0.25) is 5.41 Å². The van der Waals surface area contributed by atoms with E-state index in [2.05, 4.69) is 15.3 Å². The van der Waals surface area contributed by atoms with Crippen molar-refractivity contribution >= 4 is 50.5 Å². The number of rotatable bonds is 5. The van der Waals surface area contributed by atoms with Gasteiger partial charge in [0.1, 0.15) is 5.01 Å². The lowest BCUT2D eigenvalue weighted by molar-refractivity contribution is 0.401. The van der Waals surface area contributed by atoms with Gasteiger partial charge in [0.2, 0.25) is 0 Å². The molecule has 0 radical (unpaired) electrons. The number of hydrogen-bond donors (Lipinski definition) is 2. The van der Waals surface area contributed by atoms with Crippen molar-refractivity contribution in [1.82, 2.24) is 9.88 Å². The summed E-state index contributed by atoms with van der Waals surface area (Å²) in [6.45, 7) is 0.884. The van der Waals surface area contributed by atoms with Gasteiger partial charge in [0.15, 0.2) is 5.17 Å². The van der Waals surface area contributed by atoms with Crippen molar-refractivity contribution in [3.8, 4) is 0 Å². The first-order chi connectivity index (χ1) is 7.08. The molecule has 1 aromatic heterocycles. The Morgan fingerprint density at radius 3 is 2.88 bits per heavy atom. The summed E-state index contributed by atoms with van der Waals surface area (Å²) < 4.78 is 0. The molecule has 1 heterocycles. The molecule has 0 unspecified atom stereocenters. The van der Waals surface area contributed by atoms with E-state index in [1.165, 1.54) is 10.8 Å². The number of nitrogens with one attached hydrogen (secondary N) is 1. The summed E-state index contributed by atoms with van der Waals surface area (Å²) in [4.78, 5) is 6.58. The lowest BCUT2D eigenvalue weighted by atomic mass is 10.5. The van der Waals surface area contributed by atoms with E-state index in [4.69, 9.17) is 11.1 Å². The number of thiazole rings is 1. The van der Waals surface area contributed by atoms with Crippen LogP contribution < -0.4 is 5.73 Å². The molecule has 0 spiro atoms. The Kier molecular flexibility index (Phi) is 8.21. The van der Waals surface area contributed by atoms with Gasteiger partial charge in [-0.15, -0.1) is 23.7 Å². The highest BCUT2D eigenvalue weighted by Crippen LogP contribution is 2.25. The minimum atomic E-state index is 0. The lowest BCUT2D eigenvalue weighted by Crippen LogP contribution is -2.10. The summed E-state index contributed by atoms with van der Waals surface area (Å²) >= 11 is 1.68. The van der Waals surface area contributed by atoms with Gasteiger partial charge < -0.3 is 10.6 Å². The van der Waals surface area contributed by atoms with Crippen LogP contribution in [0.4, 0.5) is 0 Å². The van der Waals surface area contributed by atoms with Gasteiger partial charge >= 0.3 is 0 Å². The molecular formula is C8H15ClN4S3. The predicted octanol–water partition coefficient (Wildman–Crippen LogP) is 2.40. The van der Waals surface area contributed by atoms with Crippen LogP contribution in [0.25, 0.3) is 0 Å². The third kappa shape index (κ3) is 6.59. The van der Waals surface area contributed by atoms with Gasteiger partial charge in [-0.05, 0) is 24.9 Å². The van der Waals surface area contributed by atoms with E-state index in [9.17, 15) is 0 Å². The van der Waals surface area contributed by atoms with Crippen molar-refractivity contribution in [2.24, 2.45) is 5.73 Å². The second kappa shape index (κ2) is 8.19. The topological polar surface area (TPSA) is 66.0 Å². The van der Waals surface area contributed by atoms with Gasteiger partial charge in [-0.25, -0.2) is 4.98 Å². The van der Waals surface area contributed by atoms with Gasteiger partial charge in [0, 0.05) is 17.7 Å². The standard InChI is InChI=1S/C8H14N4S3.ClH/c1-12(2)3-7-11-6(4-13-7)5-14-15-8(9)10;/h4H,3,5H2,1-2H3,(H3,9,10);1H. The highest BCUT2D eigenvalue weighted by molar-refractivity contribution is 8.81. The van der Waals surface area contributed by atoms with Gasteiger partial charge in [0.05, 0.1) is 5.69 Å². The third-order valence-corrected chi connectivity index (χ3v) is 4.25. The summed E-state index contributed by atoms with van der Waals surface area (Å²) in [6, 6.07) is 0. The molecule has 0 saturated carbocycles. The summed E-state index contributed by atoms with van der Waals surface area (Å²) in [6.07, 6.45) is 0. The summed E-state index contributed by atoms with van der Waals surface area (Å²) in [5, 5.41) is 10.4. The maximum Gasteiger partial charge on any atom is 0.161 e. The van der Waals surface area contributed by atoms with Crippen LogP contribution in [0.2, 0.25) is 0 Å². The number of amidine groups is 1. The minimum absolute atomic E-state index is 0. The number of nitrogens with zero attached hydrogens (tertiary/aromatic N) is 2. The molecule has 0 aliphatic rings. The average Bonchev–Trinajstić information content (AvgIpc) is 2.50. The van der Waals surface area contributed by atoms with Crippen LogP contribution in [-0.2, 0) is 12.3 Å². The van der Waals surface area contributed by atoms with Gasteiger partial charge in [0.25, 0.3) is 0 Å². The maximum atomic E-state index is 7.05. The molecule has 0 saturated heterocycles. The van der Waals surface area contributed by atoms with Crippen LogP contribution >= 0.6 is 45.3 Å². The van der Waals surface area contributed by atoms with Crippen LogP contribution in [0.1, 0.15) is 10.7 Å². The molecule has 8 heteroatoms. The minimum Gasteiger partial charge on any atom is -0.378 e. The molecule has 0 amide bonds. The lowest BCUT2D eigenvalue weighted by Gasteiger charge is -2.04. The van der Waals surface area contributed by atoms with E-state index in [1.54, 1.807) is 22.1 Å². The summed E-state index contributed by atoms with van der Waals surface area (Å²) in [7, 11) is 6.88. The largest absolute Gasteiger partial charge is 0.378 e. The Labute approximate surface area is 114 Å². The average molecular weight is 299 g/mol. The van der Waals surface area contributed by atoms with Gasteiger partial charge in [-0.1, -0.05) is 10.8 Å². The zero-order valence-corrected chi connectivity index (χ0v) is 12.4. The summed E-state index contributed by atoms with van der Waals surface area (Å²) in [5.41, 5.74) is 6.29. The van der Waals surface area contributed by atoms with E-state index in [0.717, 1.165) is 23.0 Å². The van der Waals surface area contributed by atoms with E-state index in [-0.39, 0.29) is 17.6 Å². The van der Waals surface area contributed by atoms with Crippen molar-refractivity contribution in [2.75, 3.05) is 14.1 Å². The van der Waals surface area contributed by atoms with Crippen LogP contribution in [0.5, 0.6) is 0 Å². The second-order valence-corrected chi connectivity index (χ2v) is 6.46. The molecule has 16 heavy (non-hydrogen) atoms. The molecular weight excluding hydrogens is 284 g/mol. The zero-order chi connectivity index (χ0) is 11.3. The SMILES string of the molecule is CN(C)Cc1nc(CSSC(=N)N)cs1.Cl. The van der Waals surface area contributed by atoms with E-state index in [0.29, 0.717) is 0 Å². The highest BCUT2D eigenvalue weighted by atomic mass is 35.5. The maximum absolute atomic E-state index is 7.05. The normalized spacial score (nSPS) is 10.2. The van der Waals surface area contributed by atoms with Gasteiger partial charge in [-0.2, -0.15) is 0 Å². The van der Waals surface area contributed by atoms with E-state index in [1.807, 2.05) is 14.1 Å². The van der Waals surface area contributed by atoms with Crippen molar-refractivity contribution in [1.29, 1.82) is 5.41 Å². The Balaban J connectivity index is 0.00000225. The molecule has 0 aromatic carbocycles. The van der Waals surface area contributed by atoms with E-state index >= 15 is 0 Å². The monoisotopic (exact) mass is 298 g/mol. The molecule has 0 atom stereocenters. The molecule has 0 aliphatic heterocycles. The molecule has 0 bridgehead atoms. The van der Waals surface area contributed by atoms with Crippen molar-refractivity contribution in [3.05, 3.63) is 16.1 Å². The first kappa shape index (κ1) is 16.1. The molecule has 1 aromatic rings. The number of halogens is 1. The Hall–Kier alpha value is 0.0500. The smallest absolute Gasteiger partial charge is 0.161 e. The van der Waals surface area contributed by atoms with Crippen LogP contribution in [-0.4, -0.2) is 29.1 Å². The number of aromatic nitrogens is 1. The highest BCUT2D eigenvalue weighted by Gasteiger charge is 2.03. The van der Waals surface area contributed by atoms with E-state index < -0.39 is 0 Å². The van der Waals surface area contributed by atoms with Crippen molar-refractivity contribution < 1.29 is 0 Å². The molecule has 0 fully saturated rings. The molecule has 1 rings (SSSR count). The fraction of sp³-hybridized carbons (Fsp3) is 0.500. The Morgan fingerprint density at radius 1 is 1.62 bits per heavy atom. The van der Waals surface area contributed by atoms with Crippen LogP contribution in [0, 0.1) is 5.41 Å². The predicted molar refractivity (Wildman–Crippen MR) is 77.6 cm³/mol.